The molecule has 0 saturated heterocycles. The Hall–Kier alpha value is -2.32. The fourth-order valence-corrected chi connectivity index (χ4v) is 2.25. The minimum absolute atomic E-state index is 0.0547. The van der Waals surface area contributed by atoms with Gasteiger partial charge < -0.3 is 23.7 Å². The van der Waals surface area contributed by atoms with Gasteiger partial charge >= 0.3 is 0 Å². The van der Waals surface area contributed by atoms with Gasteiger partial charge in [0, 0.05) is 13.2 Å². The Morgan fingerprint density at radius 3 is 2.54 bits per heavy atom. The molecular formula is C19H24O5. The average Bonchev–Trinajstić information content (AvgIpc) is 2.52. The van der Waals surface area contributed by atoms with Gasteiger partial charge in [0.2, 0.25) is 5.75 Å². The Labute approximate surface area is 143 Å². The number of benzene rings is 1. The highest BCUT2D eigenvalue weighted by Crippen LogP contribution is 2.50. The van der Waals surface area contributed by atoms with Crippen molar-refractivity contribution < 1.29 is 23.7 Å². The topological polar surface area (TPSA) is 46.2 Å². The van der Waals surface area contributed by atoms with Crippen molar-refractivity contribution in [3.63, 3.8) is 0 Å². The molecule has 0 amide bonds. The van der Waals surface area contributed by atoms with E-state index in [1.54, 1.807) is 34.1 Å². The number of ether oxygens (including phenoxy) is 5. The van der Waals surface area contributed by atoms with Gasteiger partial charge in [0.15, 0.2) is 23.9 Å². The standard InChI is InChI=1S/C19H24O5/c1-8-18(2,3)23-15-11-14(21-7)13-9-10-19(4,5)24-16(13)17(15)22-12-20-6/h1,9-11H,12H2,2-7H3. The third-order valence-electron chi connectivity index (χ3n) is 3.47. The van der Waals surface area contributed by atoms with E-state index >= 15 is 0 Å². The zero-order chi connectivity index (χ0) is 18.0. The van der Waals surface area contributed by atoms with E-state index in [0.717, 1.165) is 5.56 Å². The van der Waals surface area contributed by atoms with Gasteiger partial charge in [-0.15, -0.1) is 6.42 Å². The molecule has 24 heavy (non-hydrogen) atoms. The Kier molecular flexibility index (Phi) is 5.00. The molecule has 0 unspecified atom stereocenters. The third kappa shape index (κ3) is 3.77. The van der Waals surface area contributed by atoms with Crippen LogP contribution in [0.25, 0.3) is 6.08 Å². The lowest BCUT2D eigenvalue weighted by molar-refractivity contribution is 0.0399. The summed E-state index contributed by atoms with van der Waals surface area (Å²) in [5.74, 6) is 4.64. The molecule has 0 spiro atoms. The number of methoxy groups -OCH3 is 2. The number of terminal acetylenes is 1. The second-order valence-corrected chi connectivity index (χ2v) is 6.50. The summed E-state index contributed by atoms with van der Waals surface area (Å²) in [6.07, 6.45) is 9.46. The highest BCUT2D eigenvalue weighted by Gasteiger charge is 2.31. The Morgan fingerprint density at radius 1 is 1.25 bits per heavy atom. The van der Waals surface area contributed by atoms with Gasteiger partial charge in [-0.3, -0.25) is 0 Å². The van der Waals surface area contributed by atoms with E-state index in [1.165, 1.54) is 0 Å². The molecule has 130 valence electrons. The van der Waals surface area contributed by atoms with E-state index in [-0.39, 0.29) is 6.79 Å². The molecule has 0 aromatic heterocycles. The summed E-state index contributed by atoms with van der Waals surface area (Å²) in [5.41, 5.74) is -0.512. The summed E-state index contributed by atoms with van der Waals surface area (Å²) in [6, 6.07) is 1.74. The maximum absolute atomic E-state index is 6.10. The van der Waals surface area contributed by atoms with Crippen molar-refractivity contribution in [1.82, 2.24) is 0 Å². The summed E-state index contributed by atoms with van der Waals surface area (Å²) in [6.45, 7) is 7.56. The summed E-state index contributed by atoms with van der Waals surface area (Å²) < 4.78 is 28.3. The lowest BCUT2D eigenvalue weighted by atomic mass is 10.0. The smallest absolute Gasteiger partial charge is 0.207 e. The number of hydrogen-bond donors (Lipinski definition) is 0. The Bertz CT molecular complexity index is 680. The van der Waals surface area contributed by atoms with Crippen molar-refractivity contribution in [3.8, 4) is 35.3 Å². The van der Waals surface area contributed by atoms with E-state index < -0.39 is 11.2 Å². The highest BCUT2D eigenvalue weighted by molar-refractivity contribution is 5.74. The predicted molar refractivity (Wildman–Crippen MR) is 92.8 cm³/mol. The largest absolute Gasteiger partial charge is 0.496 e. The second kappa shape index (κ2) is 6.66. The van der Waals surface area contributed by atoms with E-state index in [2.05, 4.69) is 5.92 Å². The normalized spacial score (nSPS) is 15.0. The lowest BCUT2D eigenvalue weighted by Gasteiger charge is -2.31. The van der Waals surface area contributed by atoms with Crippen molar-refractivity contribution >= 4 is 6.08 Å². The molecular weight excluding hydrogens is 308 g/mol. The number of rotatable bonds is 6. The van der Waals surface area contributed by atoms with Crippen molar-refractivity contribution in [2.24, 2.45) is 0 Å². The maximum atomic E-state index is 6.10. The van der Waals surface area contributed by atoms with E-state index in [9.17, 15) is 0 Å². The third-order valence-corrected chi connectivity index (χ3v) is 3.47. The first-order chi connectivity index (χ1) is 11.2. The molecule has 1 aromatic rings. The molecule has 0 saturated carbocycles. The average molecular weight is 332 g/mol. The zero-order valence-electron chi connectivity index (χ0n) is 15.1. The van der Waals surface area contributed by atoms with Crippen LogP contribution < -0.4 is 18.9 Å². The monoisotopic (exact) mass is 332 g/mol. The molecule has 0 aliphatic carbocycles. The Balaban J connectivity index is 2.62. The van der Waals surface area contributed by atoms with Crippen LogP contribution in [0.2, 0.25) is 0 Å². The highest BCUT2D eigenvalue weighted by atomic mass is 16.7. The molecule has 1 aliphatic rings. The lowest BCUT2D eigenvalue weighted by Crippen LogP contribution is -2.29. The second-order valence-electron chi connectivity index (χ2n) is 6.50. The van der Waals surface area contributed by atoms with E-state index in [0.29, 0.717) is 23.0 Å². The van der Waals surface area contributed by atoms with Crippen LogP contribution in [0.1, 0.15) is 33.3 Å². The van der Waals surface area contributed by atoms with Gasteiger partial charge in [-0.2, -0.15) is 0 Å². The quantitative estimate of drug-likeness (QED) is 0.588. The van der Waals surface area contributed by atoms with Gasteiger partial charge in [-0.25, -0.2) is 0 Å². The molecule has 1 aromatic carbocycles. The zero-order valence-corrected chi connectivity index (χ0v) is 15.1. The van der Waals surface area contributed by atoms with Gasteiger partial charge in [0.25, 0.3) is 0 Å². The van der Waals surface area contributed by atoms with Crippen LogP contribution in [-0.4, -0.2) is 32.2 Å². The minimum Gasteiger partial charge on any atom is -0.496 e. The van der Waals surface area contributed by atoms with Crippen LogP contribution in [0.15, 0.2) is 12.1 Å². The molecule has 0 bridgehead atoms. The SMILES string of the molecule is C#CC(C)(C)Oc1cc(OC)c2c(c1OCOC)OC(C)(C)C=C2. The molecule has 2 rings (SSSR count). The van der Waals surface area contributed by atoms with Crippen LogP contribution in [0.3, 0.4) is 0 Å². The minimum atomic E-state index is -0.815. The number of fused-ring (bicyclic) bond motifs is 1. The van der Waals surface area contributed by atoms with Crippen molar-refractivity contribution in [2.45, 2.75) is 38.9 Å². The van der Waals surface area contributed by atoms with Crippen LogP contribution >= 0.6 is 0 Å². The summed E-state index contributed by atoms with van der Waals surface area (Å²) >= 11 is 0. The van der Waals surface area contributed by atoms with Gasteiger partial charge in [0.1, 0.15) is 11.4 Å². The van der Waals surface area contributed by atoms with Gasteiger partial charge in [-0.05, 0) is 39.8 Å². The van der Waals surface area contributed by atoms with Crippen molar-refractivity contribution in [1.29, 1.82) is 0 Å². The summed E-state index contributed by atoms with van der Waals surface area (Å²) in [4.78, 5) is 0. The van der Waals surface area contributed by atoms with Crippen molar-refractivity contribution in [3.05, 3.63) is 17.7 Å². The van der Waals surface area contributed by atoms with Crippen LogP contribution in [0.4, 0.5) is 0 Å². The van der Waals surface area contributed by atoms with E-state index in [1.807, 2.05) is 26.0 Å². The van der Waals surface area contributed by atoms with E-state index in [4.69, 9.17) is 30.1 Å². The molecule has 0 fully saturated rings. The van der Waals surface area contributed by atoms with Crippen LogP contribution in [0, 0.1) is 12.3 Å². The maximum Gasteiger partial charge on any atom is 0.207 e. The van der Waals surface area contributed by atoms with Gasteiger partial charge in [-0.1, -0.05) is 5.92 Å². The fourth-order valence-electron chi connectivity index (χ4n) is 2.25. The first kappa shape index (κ1) is 18.0. The molecule has 5 nitrogen and oxygen atoms in total. The molecule has 0 N–H and O–H groups in total. The van der Waals surface area contributed by atoms with Gasteiger partial charge in [0.05, 0.1) is 12.7 Å². The molecule has 1 aliphatic heterocycles. The number of hydrogen-bond acceptors (Lipinski definition) is 5. The van der Waals surface area contributed by atoms with Crippen LogP contribution in [0.5, 0.6) is 23.0 Å². The first-order valence-electron chi connectivity index (χ1n) is 7.65. The molecule has 5 heteroatoms. The summed E-state index contributed by atoms with van der Waals surface area (Å²) in [7, 11) is 3.14. The van der Waals surface area contributed by atoms with Crippen LogP contribution in [-0.2, 0) is 4.74 Å². The first-order valence-corrected chi connectivity index (χ1v) is 7.65. The molecule has 1 heterocycles. The van der Waals surface area contributed by atoms with Crippen molar-refractivity contribution in [2.75, 3.05) is 21.0 Å². The predicted octanol–water partition coefficient (Wildman–Crippen LogP) is 3.65. The molecule has 0 atom stereocenters. The fraction of sp³-hybridized carbons (Fsp3) is 0.474. The Morgan fingerprint density at radius 2 is 1.96 bits per heavy atom. The summed E-state index contributed by atoms with van der Waals surface area (Å²) in [5, 5.41) is 0. The molecule has 0 radical (unpaired) electrons.